The number of aryl methyl sites for hydroxylation is 2. The monoisotopic (exact) mass is 791 g/mol. The van der Waals surface area contributed by atoms with Gasteiger partial charge in [-0.3, -0.25) is 0 Å². The zero-order chi connectivity index (χ0) is 42.0. The molecule has 1 aliphatic carbocycles. The van der Waals surface area contributed by atoms with Crippen molar-refractivity contribution >= 4 is 35.8 Å². The van der Waals surface area contributed by atoms with Crippen LogP contribution in [-0.4, -0.2) is 113 Å². The summed E-state index contributed by atoms with van der Waals surface area (Å²) in [7, 11) is 4.97. The molecule has 5 atom stereocenters. The molecular weight excluding hydrogens is 746 g/mol. The Hall–Kier alpha value is -6.42. The van der Waals surface area contributed by atoms with Crippen LogP contribution >= 0.6 is 0 Å². The number of ether oxygens (including phenoxy) is 5. The van der Waals surface area contributed by atoms with Gasteiger partial charge in [0.15, 0.2) is 0 Å². The number of carboxylic acid groups (broad SMARTS) is 4. The van der Waals surface area contributed by atoms with E-state index >= 15 is 0 Å². The van der Waals surface area contributed by atoms with Gasteiger partial charge >= 0.3 is 35.8 Å². The van der Waals surface area contributed by atoms with E-state index in [-0.39, 0.29) is 48.3 Å². The van der Waals surface area contributed by atoms with Crippen molar-refractivity contribution in [3.05, 3.63) is 112 Å². The van der Waals surface area contributed by atoms with Crippen molar-refractivity contribution in [3.63, 3.8) is 0 Å². The Morgan fingerprint density at radius 2 is 1.16 bits per heavy atom. The van der Waals surface area contributed by atoms with Gasteiger partial charge in [0, 0.05) is 6.42 Å². The lowest BCUT2D eigenvalue weighted by atomic mass is 9.68. The van der Waals surface area contributed by atoms with Gasteiger partial charge in [0.2, 0.25) is 24.4 Å². The van der Waals surface area contributed by atoms with Crippen LogP contribution in [-0.2, 0) is 43.5 Å². The maximum atomic E-state index is 13.2. The molecule has 57 heavy (non-hydrogen) atoms. The van der Waals surface area contributed by atoms with Crippen molar-refractivity contribution in [2.45, 2.75) is 69.4 Å². The minimum absolute atomic E-state index is 0.0678. The smallest absolute Gasteiger partial charge is 0.349 e. The molecule has 4 rings (SSSR count). The Morgan fingerprint density at radius 1 is 0.684 bits per heavy atom. The molecule has 0 spiro atoms. The molecule has 0 bridgehead atoms. The Morgan fingerprint density at radius 3 is 1.60 bits per heavy atom. The number of carbonyl (C=O) groups excluding carboxylic acids is 2. The van der Waals surface area contributed by atoms with Gasteiger partial charge in [0.1, 0.15) is 17.3 Å². The molecule has 0 radical (unpaired) electrons. The maximum Gasteiger partial charge on any atom is 0.349 e. The fourth-order valence-corrected chi connectivity index (χ4v) is 6.32. The number of benzene rings is 3. The summed E-state index contributed by atoms with van der Waals surface area (Å²) >= 11 is 0. The molecule has 304 valence electrons. The summed E-state index contributed by atoms with van der Waals surface area (Å²) in [4.78, 5) is 79.2. The third kappa shape index (κ3) is 10.7. The molecule has 3 aromatic rings. The van der Waals surface area contributed by atoms with Crippen LogP contribution in [0.15, 0.2) is 84.3 Å². The number of hydrogen-bond donors (Lipinski definition) is 4. The zero-order valence-electron chi connectivity index (χ0n) is 32.0. The maximum absolute atomic E-state index is 13.2. The van der Waals surface area contributed by atoms with Crippen LogP contribution in [0.3, 0.4) is 0 Å². The van der Waals surface area contributed by atoms with Crippen LogP contribution in [0, 0.1) is 13.8 Å². The highest BCUT2D eigenvalue weighted by molar-refractivity contribution is 5.94. The first kappa shape index (κ1) is 43.3. The van der Waals surface area contributed by atoms with Gasteiger partial charge < -0.3 is 49.0 Å². The Labute approximate surface area is 328 Å². The summed E-state index contributed by atoms with van der Waals surface area (Å²) in [6.07, 6.45) is -9.30. The molecule has 0 amide bonds. The number of esters is 2. The number of nitrogens with zero attached hydrogens (tertiary/aromatic N) is 1. The lowest BCUT2D eigenvalue weighted by Crippen LogP contribution is -2.48. The number of methoxy groups -OCH3 is 1. The molecular formula is C41H45NO15. The van der Waals surface area contributed by atoms with Crippen LogP contribution in [0.2, 0.25) is 0 Å². The molecule has 0 saturated carbocycles. The summed E-state index contributed by atoms with van der Waals surface area (Å²) in [6, 6.07) is 18.4. The molecule has 1 aliphatic rings. The first-order valence-corrected chi connectivity index (χ1v) is 17.8. The number of hydrogen-bond acceptors (Lipinski definition) is 12. The van der Waals surface area contributed by atoms with E-state index in [1.807, 2.05) is 4.90 Å². The third-order valence-corrected chi connectivity index (χ3v) is 9.38. The van der Waals surface area contributed by atoms with Gasteiger partial charge in [-0.1, -0.05) is 47.5 Å². The molecule has 1 unspecified atom stereocenters. The number of allylic oxidation sites excluding steroid dienone is 2. The van der Waals surface area contributed by atoms with E-state index in [9.17, 15) is 49.2 Å². The normalized spacial score (nSPS) is 17.4. The number of aliphatic carboxylic acids is 4. The minimum Gasteiger partial charge on any atom is -0.497 e. The SMILES string of the molecule is COc1cccc(C2(CCN(C)C)CCCC(O[C@H](C(=O)O)[C@H](OC(=O)c3ccc(C)cc3)C(=O)O)=C2O[C@H](C(=O)O)[C@H](OC(=O)c2ccc(C)cc2)C(=O)O)c1. The number of rotatable bonds is 19. The van der Waals surface area contributed by atoms with Crippen LogP contribution in [0.25, 0.3) is 0 Å². The summed E-state index contributed by atoms with van der Waals surface area (Å²) in [6.45, 7) is 3.83. The van der Waals surface area contributed by atoms with Crippen LogP contribution < -0.4 is 4.74 Å². The van der Waals surface area contributed by atoms with Gasteiger partial charge in [-0.2, -0.15) is 0 Å². The predicted octanol–water partition coefficient (Wildman–Crippen LogP) is 4.46. The Balaban J connectivity index is 1.92. The van der Waals surface area contributed by atoms with E-state index < -0.39 is 65.6 Å². The molecule has 0 heterocycles. The summed E-state index contributed by atoms with van der Waals surface area (Å²) in [5.74, 6) is -10.1. The molecule has 0 aromatic heterocycles. The molecule has 3 aromatic carbocycles. The van der Waals surface area contributed by atoms with Gasteiger partial charge in [-0.15, -0.1) is 0 Å². The van der Waals surface area contributed by atoms with Crippen LogP contribution in [0.1, 0.15) is 63.1 Å². The highest BCUT2D eigenvalue weighted by atomic mass is 16.6. The minimum atomic E-state index is -2.46. The quantitative estimate of drug-likeness (QED) is 0.123. The lowest BCUT2D eigenvalue weighted by molar-refractivity contribution is -0.172. The van der Waals surface area contributed by atoms with E-state index in [2.05, 4.69) is 0 Å². The molecule has 0 saturated heterocycles. The highest BCUT2D eigenvalue weighted by Gasteiger charge is 2.50. The topological polar surface area (TPSA) is 233 Å². The van der Waals surface area contributed by atoms with Gasteiger partial charge in [0.25, 0.3) is 0 Å². The highest BCUT2D eigenvalue weighted by Crippen LogP contribution is 2.49. The molecule has 0 fully saturated rings. The van der Waals surface area contributed by atoms with Crippen molar-refractivity contribution < 1.29 is 72.9 Å². The zero-order valence-corrected chi connectivity index (χ0v) is 32.0. The van der Waals surface area contributed by atoms with Crippen LogP contribution in [0.4, 0.5) is 0 Å². The van der Waals surface area contributed by atoms with E-state index in [1.54, 1.807) is 76.5 Å². The molecule has 4 N–H and O–H groups in total. The van der Waals surface area contributed by atoms with Crippen LogP contribution in [0.5, 0.6) is 5.75 Å². The lowest BCUT2D eigenvalue weighted by Gasteiger charge is -2.42. The third-order valence-electron chi connectivity index (χ3n) is 9.38. The second-order valence-corrected chi connectivity index (χ2v) is 13.8. The summed E-state index contributed by atoms with van der Waals surface area (Å²) in [5, 5.41) is 41.4. The number of carbonyl (C=O) groups is 6. The molecule has 0 aliphatic heterocycles. The fraction of sp³-hybridized carbons (Fsp3) is 0.366. The van der Waals surface area contributed by atoms with E-state index in [0.29, 0.717) is 17.9 Å². The van der Waals surface area contributed by atoms with Crippen molar-refractivity contribution in [1.29, 1.82) is 0 Å². The van der Waals surface area contributed by atoms with Gasteiger partial charge in [0.05, 0.1) is 23.7 Å². The van der Waals surface area contributed by atoms with Crippen molar-refractivity contribution in [2.24, 2.45) is 0 Å². The predicted molar refractivity (Wildman–Crippen MR) is 200 cm³/mol. The second-order valence-electron chi connectivity index (χ2n) is 13.8. The van der Waals surface area contributed by atoms with E-state index in [1.165, 1.54) is 31.4 Å². The summed E-state index contributed by atoms with van der Waals surface area (Å²) < 4.78 is 28.1. The standard InChI is InChI=1S/C41H45NO15/c1-23-11-15-25(16-12-23)39(51)56-32(37(47)48)30(35(43)44)54-29-10-7-19-41(20-21-42(3)4,27-8-6-9-28(22-27)53-5)34(29)55-31(36(45)46)33(38(49)50)57-40(52)26-17-13-24(2)14-18-26/h6,8-9,11-18,22,30-33H,7,10,19-21H2,1-5H3,(H,43,44)(H,45,46)(H,47,48)(H,49,50)/t30-,31-,32-,33-,41?/m0/s1. The Bertz CT molecular complexity index is 1990. The largest absolute Gasteiger partial charge is 0.497 e. The average Bonchev–Trinajstić information content (AvgIpc) is 3.17. The first-order chi connectivity index (χ1) is 27.0. The second kappa shape index (κ2) is 18.9. The van der Waals surface area contributed by atoms with Gasteiger partial charge in [-0.05, 0) is 95.7 Å². The first-order valence-electron chi connectivity index (χ1n) is 17.8. The van der Waals surface area contributed by atoms with Gasteiger partial charge in [-0.25, -0.2) is 28.8 Å². The van der Waals surface area contributed by atoms with Crippen molar-refractivity contribution in [1.82, 2.24) is 4.90 Å². The average molecular weight is 792 g/mol. The molecule has 16 heteroatoms. The molecule has 16 nitrogen and oxygen atoms in total. The number of carboxylic acids is 4. The van der Waals surface area contributed by atoms with Crippen molar-refractivity contribution in [3.8, 4) is 5.75 Å². The van der Waals surface area contributed by atoms with Crippen molar-refractivity contribution in [2.75, 3.05) is 27.7 Å². The summed E-state index contributed by atoms with van der Waals surface area (Å²) in [5.41, 5.74) is 0.503. The Kier molecular flexibility index (Phi) is 14.4. The van der Waals surface area contributed by atoms with E-state index in [4.69, 9.17) is 23.7 Å². The van der Waals surface area contributed by atoms with E-state index in [0.717, 1.165) is 11.1 Å². The fourth-order valence-electron chi connectivity index (χ4n) is 6.32.